The van der Waals surface area contributed by atoms with Crippen molar-refractivity contribution in [1.29, 1.82) is 0 Å². The summed E-state index contributed by atoms with van der Waals surface area (Å²) in [4.78, 5) is 28.1. The second kappa shape index (κ2) is 10.4. The average Bonchev–Trinajstić information content (AvgIpc) is 2.88. The van der Waals surface area contributed by atoms with Gasteiger partial charge in [-0.15, -0.1) is 0 Å². The third-order valence-electron chi connectivity index (χ3n) is 5.66. The minimum absolute atomic E-state index is 0.171. The van der Waals surface area contributed by atoms with Crippen molar-refractivity contribution in [3.63, 3.8) is 0 Å². The van der Waals surface area contributed by atoms with E-state index in [9.17, 15) is 9.59 Å². The van der Waals surface area contributed by atoms with Crippen LogP contribution in [0, 0.1) is 0 Å². The summed E-state index contributed by atoms with van der Waals surface area (Å²) in [6.45, 7) is 0. The quantitative estimate of drug-likeness (QED) is 0.393. The Morgan fingerprint density at radius 2 is 1.70 bits per heavy atom. The maximum Gasteiger partial charge on any atom is 0.328 e. The zero-order valence-corrected chi connectivity index (χ0v) is 19.3. The molecule has 0 saturated carbocycles. The van der Waals surface area contributed by atoms with Gasteiger partial charge >= 0.3 is 5.97 Å². The zero-order valence-electron chi connectivity index (χ0n) is 18.4. The second-order valence-corrected chi connectivity index (χ2v) is 8.15. The van der Waals surface area contributed by atoms with Crippen LogP contribution >= 0.6 is 12.6 Å². The summed E-state index contributed by atoms with van der Waals surface area (Å²) in [7, 11) is 1.36. The standard InChI is InChI=1S/C27H26N2O3S/c1-32-27(31)23(17-18-33)28-25-16-15-20-11-5-8-14-24(20)29(25)26(30)22-13-7-6-12-21(22)19-9-3-2-4-10-19/h2-14,16,23,28,33H,15,17-18H2,1H3/t23-/m0/s1. The van der Waals surface area contributed by atoms with E-state index in [0.717, 1.165) is 22.4 Å². The molecule has 0 saturated heterocycles. The van der Waals surface area contributed by atoms with E-state index in [-0.39, 0.29) is 11.9 Å². The number of allylic oxidation sites excluding steroid dienone is 1. The van der Waals surface area contributed by atoms with Crippen LogP contribution in [0.5, 0.6) is 0 Å². The van der Waals surface area contributed by atoms with Crippen molar-refractivity contribution in [2.24, 2.45) is 0 Å². The van der Waals surface area contributed by atoms with Crippen LogP contribution in [0.2, 0.25) is 0 Å². The van der Waals surface area contributed by atoms with Crippen LogP contribution in [-0.2, 0) is 16.0 Å². The molecule has 0 fully saturated rings. The predicted octanol–water partition coefficient (Wildman–Crippen LogP) is 4.85. The lowest BCUT2D eigenvalue weighted by atomic mass is 9.97. The fraction of sp³-hybridized carbons (Fsp3) is 0.185. The van der Waals surface area contributed by atoms with E-state index in [1.807, 2.05) is 84.9 Å². The van der Waals surface area contributed by atoms with E-state index in [0.29, 0.717) is 30.0 Å². The molecule has 0 aliphatic carbocycles. The summed E-state index contributed by atoms with van der Waals surface area (Å²) in [5, 5.41) is 3.25. The van der Waals surface area contributed by atoms with Crippen LogP contribution in [0.4, 0.5) is 5.69 Å². The fourth-order valence-electron chi connectivity index (χ4n) is 4.03. The van der Waals surface area contributed by atoms with Crippen LogP contribution in [0.1, 0.15) is 22.3 Å². The first-order chi connectivity index (χ1) is 16.1. The van der Waals surface area contributed by atoms with Crippen molar-refractivity contribution in [2.45, 2.75) is 18.9 Å². The first kappa shape index (κ1) is 22.7. The number of methoxy groups -OCH3 is 1. The fourth-order valence-corrected chi connectivity index (χ4v) is 4.29. The Hall–Kier alpha value is -3.51. The molecule has 0 aromatic heterocycles. The van der Waals surface area contributed by atoms with Gasteiger partial charge < -0.3 is 10.1 Å². The van der Waals surface area contributed by atoms with Crippen molar-refractivity contribution in [3.8, 4) is 11.1 Å². The summed E-state index contributed by atoms with van der Waals surface area (Å²) >= 11 is 4.28. The number of amides is 1. The molecular formula is C27H26N2O3S. The number of carbonyl (C=O) groups excluding carboxylic acids is 2. The number of para-hydroxylation sites is 1. The van der Waals surface area contributed by atoms with Gasteiger partial charge in [0.15, 0.2) is 0 Å². The molecule has 1 aliphatic rings. The van der Waals surface area contributed by atoms with Gasteiger partial charge in [-0.1, -0.05) is 66.7 Å². The molecule has 4 rings (SSSR count). The van der Waals surface area contributed by atoms with E-state index in [4.69, 9.17) is 4.74 Å². The molecule has 3 aromatic carbocycles. The van der Waals surface area contributed by atoms with Gasteiger partial charge in [0.2, 0.25) is 0 Å². The molecule has 0 bridgehead atoms. The maximum absolute atomic E-state index is 14.1. The summed E-state index contributed by atoms with van der Waals surface area (Å²) in [6, 6.07) is 24.6. The number of fused-ring (bicyclic) bond motifs is 1. The first-order valence-corrected chi connectivity index (χ1v) is 11.5. The number of thiol groups is 1. The van der Waals surface area contributed by atoms with Crippen molar-refractivity contribution in [3.05, 3.63) is 102 Å². The summed E-state index contributed by atoms with van der Waals surface area (Å²) in [5.41, 5.74) is 4.23. The molecule has 0 unspecified atom stereocenters. The minimum atomic E-state index is -0.608. The van der Waals surface area contributed by atoms with Crippen molar-refractivity contribution in [1.82, 2.24) is 5.32 Å². The van der Waals surface area contributed by atoms with Crippen LogP contribution in [0.25, 0.3) is 11.1 Å². The molecule has 1 heterocycles. The molecule has 3 aromatic rings. The molecule has 1 amide bonds. The van der Waals surface area contributed by atoms with Gasteiger partial charge in [0, 0.05) is 5.56 Å². The summed E-state index contributed by atoms with van der Waals surface area (Å²) < 4.78 is 4.97. The number of benzene rings is 3. The number of nitrogens with zero attached hydrogens (tertiary/aromatic N) is 1. The minimum Gasteiger partial charge on any atom is -0.467 e. The maximum atomic E-state index is 14.1. The molecule has 0 spiro atoms. The monoisotopic (exact) mass is 458 g/mol. The third-order valence-corrected chi connectivity index (χ3v) is 5.92. The highest BCUT2D eigenvalue weighted by Gasteiger charge is 2.31. The van der Waals surface area contributed by atoms with Crippen LogP contribution in [0.3, 0.4) is 0 Å². The number of carbonyl (C=O) groups is 2. The lowest BCUT2D eigenvalue weighted by Gasteiger charge is -2.33. The van der Waals surface area contributed by atoms with E-state index >= 15 is 0 Å². The van der Waals surface area contributed by atoms with Crippen molar-refractivity contribution in [2.75, 3.05) is 17.8 Å². The Balaban J connectivity index is 1.77. The van der Waals surface area contributed by atoms with Crippen LogP contribution in [-0.4, -0.2) is 30.8 Å². The zero-order chi connectivity index (χ0) is 23.2. The smallest absolute Gasteiger partial charge is 0.328 e. The number of ether oxygens (including phenoxy) is 1. The lowest BCUT2D eigenvalue weighted by molar-refractivity contribution is -0.142. The molecule has 1 N–H and O–H groups in total. The van der Waals surface area contributed by atoms with Gasteiger partial charge in [-0.2, -0.15) is 12.6 Å². The molecule has 6 heteroatoms. The van der Waals surface area contributed by atoms with E-state index in [2.05, 4.69) is 17.9 Å². The molecule has 168 valence electrons. The van der Waals surface area contributed by atoms with Crippen LogP contribution < -0.4 is 10.2 Å². The Kier molecular flexibility index (Phi) is 7.15. The van der Waals surface area contributed by atoms with E-state index in [1.54, 1.807) is 4.90 Å². The largest absolute Gasteiger partial charge is 0.467 e. The van der Waals surface area contributed by atoms with Gasteiger partial charge in [-0.05, 0) is 53.5 Å². The topological polar surface area (TPSA) is 58.6 Å². The Bertz CT molecular complexity index is 1180. The normalized spacial score (nSPS) is 13.5. The van der Waals surface area contributed by atoms with Gasteiger partial charge in [0.25, 0.3) is 5.91 Å². The highest BCUT2D eigenvalue weighted by atomic mass is 32.1. The SMILES string of the molecule is COC(=O)[C@H](CCS)NC1=CCc2ccccc2N1C(=O)c1ccccc1-c1ccccc1. The number of nitrogens with one attached hydrogen (secondary N) is 1. The van der Waals surface area contributed by atoms with Crippen molar-refractivity contribution < 1.29 is 14.3 Å². The lowest BCUT2D eigenvalue weighted by Crippen LogP contribution is -2.46. The molecular weight excluding hydrogens is 432 g/mol. The number of hydrogen-bond acceptors (Lipinski definition) is 5. The highest BCUT2D eigenvalue weighted by molar-refractivity contribution is 7.80. The average molecular weight is 459 g/mol. The molecule has 33 heavy (non-hydrogen) atoms. The van der Waals surface area contributed by atoms with Gasteiger partial charge in [-0.25, -0.2) is 4.79 Å². The molecule has 0 radical (unpaired) electrons. The van der Waals surface area contributed by atoms with Crippen molar-refractivity contribution >= 4 is 30.2 Å². The van der Waals surface area contributed by atoms with E-state index in [1.165, 1.54) is 7.11 Å². The molecule has 1 aliphatic heterocycles. The van der Waals surface area contributed by atoms with E-state index < -0.39 is 6.04 Å². The molecule has 1 atom stereocenters. The predicted molar refractivity (Wildman–Crippen MR) is 134 cm³/mol. The molecule has 5 nitrogen and oxygen atoms in total. The van der Waals surface area contributed by atoms with Gasteiger partial charge in [0.05, 0.1) is 12.8 Å². The third kappa shape index (κ3) is 4.81. The second-order valence-electron chi connectivity index (χ2n) is 7.71. The van der Waals surface area contributed by atoms with Gasteiger partial charge in [0.1, 0.15) is 11.9 Å². The van der Waals surface area contributed by atoms with Gasteiger partial charge in [-0.3, -0.25) is 9.69 Å². The Labute approximate surface area is 199 Å². The highest BCUT2D eigenvalue weighted by Crippen LogP contribution is 2.33. The number of esters is 1. The Morgan fingerprint density at radius 3 is 2.45 bits per heavy atom. The first-order valence-electron chi connectivity index (χ1n) is 10.9. The number of anilines is 1. The summed E-state index contributed by atoms with van der Waals surface area (Å²) in [5.74, 6) is 0.510. The summed E-state index contributed by atoms with van der Waals surface area (Å²) in [6.07, 6.45) is 3.06. The van der Waals surface area contributed by atoms with Crippen LogP contribution in [0.15, 0.2) is 90.8 Å². The Morgan fingerprint density at radius 1 is 1.00 bits per heavy atom. The number of hydrogen-bond donors (Lipinski definition) is 2. The number of rotatable bonds is 7.